The molecule has 0 aliphatic heterocycles. The summed E-state index contributed by atoms with van der Waals surface area (Å²) in [6, 6.07) is 3.26. The Labute approximate surface area is 87.7 Å². The number of pyridine rings is 2. The van der Waals surface area contributed by atoms with Crippen LogP contribution in [0.2, 0.25) is 0 Å². The molecule has 0 unspecified atom stereocenters. The second-order valence-corrected chi connectivity index (χ2v) is 3.54. The minimum Gasteiger partial charge on any atom is -0.478 e. The zero-order valence-electron chi connectivity index (χ0n) is 6.94. The molecule has 0 amide bonds. The molecule has 5 heteroatoms. The zero-order valence-corrected chi connectivity index (χ0v) is 8.52. The summed E-state index contributed by atoms with van der Waals surface area (Å²) in [5.74, 6) is -0.999. The van der Waals surface area contributed by atoms with Gasteiger partial charge in [-0.3, -0.25) is 9.97 Å². The van der Waals surface area contributed by atoms with Gasteiger partial charge < -0.3 is 5.11 Å². The van der Waals surface area contributed by atoms with Crippen molar-refractivity contribution in [2.45, 2.75) is 0 Å². The Morgan fingerprint density at radius 2 is 2.21 bits per heavy atom. The fraction of sp³-hybridized carbons (Fsp3) is 0. The summed E-state index contributed by atoms with van der Waals surface area (Å²) in [6.07, 6.45) is 2.91. The van der Waals surface area contributed by atoms with Gasteiger partial charge in [0.15, 0.2) is 0 Å². The number of carboxylic acid groups (broad SMARTS) is 1. The van der Waals surface area contributed by atoms with E-state index in [1.54, 1.807) is 12.3 Å². The standard InChI is InChI=1S/C9H5BrN2O2/c10-6-1-2-11-7-3-5(9(13)14)4-12-8(6)7/h1-4H,(H,13,14). The molecule has 2 rings (SSSR count). The van der Waals surface area contributed by atoms with Crippen LogP contribution in [0.5, 0.6) is 0 Å². The first-order chi connectivity index (χ1) is 6.68. The van der Waals surface area contributed by atoms with Gasteiger partial charge in [-0.25, -0.2) is 4.79 Å². The molecule has 0 saturated carbocycles. The summed E-state index contributed by atoms with van der Waals surface area (Å²) in [4.78, 5) is 18.7. The van der Waals surface area contributed by atoms with Crippen LogP contribution in [-0.2, 0) is 0 Å². The molecule has 0 aliphatic carbocycles. The van der Waals surface area contributed by atoms with Crippen molar-refractivity contribution in [2.24, 2.45) is 0 Å². The van der Waals surface area contributed by atoms with E-state index in [1.165, 1.54) is 12.3 Å². The van der Waals surface area contributed by atoms with Crippen molar-refractivity contribution in [3.05, 3.63) is 34.6 Å². The van der Waals surface area contributed by atoms with Gasteiger partial charge in [0.25, 0.3) is 0 Å². The van der Waals surface area contributed by atoms with Crippen LogP contribution in [0.1, 0.15) is 10.4 Å². The maximum Gasteiger partial charge on any atom is 0.337 e. The van der Waals surface area contributed by atoms with Crippen LogP contribution in [0.25, 0.3) is 11.0 Å². The summed E-state index contributed by atoms with van der Waals surface area (Å²) in [5, 5.41) is 8.73. The smallest absolute Gasteiger partial charge is 0.337 e. The molecule has 2 aromatic heterocycles. The lowest BCUT2D eigenvalue weighted by Gasteiger charge is -1.99. The molecule has 4 nitrogen and oxygen atoms in total. The van der Waals surface area contributed by atoms with Crippen LogP contribution < -0.4 is 0 Å². The number of halogens is 1. The van der Waals surface area contributed by atoms with Gasteiger partial charge in [-0.15, -0.1) is 0 Å². The molecule has 0 radical (unpaired) electrons. The lowest BCUT2D eigenvalue weighted by atomic mass is 10.2. The Balaban J connectivity index is 2.73. The average molecular weight is 253 g/mol. The van der Waals surface area contributed by atoms with E-state index in [4.69, 9.17) is 5.11 Å². The van der Waals surface area contributed by atoms with E-state index in [9.17, 15) is 4.79 Å². The van der Waals surface area contributed by atoms with Crippen molar-refractivity contribution < 1.29 is 9.90 Å². The average Bonchev–Trinajstić information content (AvgIpc) is 2.17. The van der Waals surface area contributed by atoms with Crippen LogP contribution in [0.3, 0.4) is 0 Å². The molecular weight excluding hydrogens is 248 g/mol. The number of nitrogens with zero attached hydrogens (tertiary/aromatic N) is 2. The molecule has 0 aliphatic rings. The van der Waals surface area contributed by atoms with Gasteiger partial charge >= 0.3 is 5.97 Å². The van der Waals surface area contributed by atoms with Crippen molar-refractivity contribution >= 4 is 32.9 Å². The first kappa shape index (κ1) is 9.08. The molecule has 2 heterocycles. The highest BCUT2D eigenvalue weighted by Crippen LogP contribution is 2.19. The number of rotatable bonds is 1. The number of fused-ring (bicyclic) bond motifs is 1. The lowest BCUT2D eigenvalue weighted by Crippen LogP contribution is -1.97. The normalized spacial score (nSPS) is 10.4. The van der Waals surface area contributed by atoms with E-state index < -0.39 is 5.97 Å². The summed E-state index contributed by atoms with van der Waals surface area (Å²) in [7, 11) is 0. The van der Waals surface area contributed by atoms with E-state index in [-0.39, 0.29) is 5.56 Å². The van der Waals surface area contributed by atoms with Crippen molar-refractivity contribution in [3.8, 4) is 0 Å². The second-order valence-electron chi connectivity index (χ2n) is 2.69. The van der Waals surface area contributed by atoms with Crippen LogP contribution in [0, 0.1) is 0 Å². The van der Waals surface area contributed by atoms with Crippen molar-refractivity contribution in [2.75, 3.05) is 0 Å². The third kappa shape index (κ3) is 1.46. The number of hydrogen-bond donors (Lipinski definition) is 1. The van der Waals surface area contributed by atoms with Gasteiger partial charge in [-0.2, -0.15) is 0 Å². The van der Waals surface area contributed by atoms with Gasteiger partial charge in [-0.05, 0) is 28.1 Å². The zero-order chi connectivity index (χ0) is 10.1. The van der Waals surface area contributed by atoms with E-state index in [2.05, 4.69) is 25.9 Å². The number of carboxylic acids is 1. The summed E-state index contributed by atoms with van der Waals surface area (Å²) < 4.78 is 0.805. The molecule has 14 heavy (non-hydrogen) atoms. The summed E-state index contributed by atoms with van der Waals surface area (Å²) in [5.41, 5.74) is 1.37. The molecule has 0 bridgehead atoms. The Bertz CT molecular complexity index is 513. The predicted octanol–water partition coefficient (Wildman–Crippen LogP) is 2.09. The van der Waals surface area contributed by atoms with E-state index in [0.717, 1.165) is 4.47 Å². The minimum absolute atomic E-state index is 0.142. The SMILES string of the molecule is O=C(O)c1cnc2c(Br)ccnc2c1. The van der Waals surface area contributed by atoms with Gasteiger partial charge in [0.1, 0.15) is 5.52 Å². The molecule has 0 spiro atoms. The van der Waals surface area contributed by atoms with Crippen LogP contribution in [-0.4, -0.2) is 21.0 Å². The summed E-state index contributed by atoms with van der Waals surface area (Å²) in [6.45, 7) is 0. The topological polar surface area (TPSA) is 63.1 Å². The molecule has 0 fully saturated rings. The first-order valence-corrected chi connectivity index (χ1v) is 4.61. The lowest BCUT2D eigenvalue weighted by molar-refractivity contribution is 0.0696. The van der Waals surface area contributed by atoms with Gasteiger partial charge in [-0.1, -0.05) is 0 Å². The third-order valence-electron chi connectivity index (χ3n) is 1.78. The molecule has 0 saturated heterocycles. The largest absolute Gasteiger partial charge is 0.478 e. The fourth-order valence-corrected chi connectivity index (χ4v) is 1.54. The Morgan fingerprint density at radius 3 is 2.93 bits per heavy atom. The second kappa shape index (κ2) is 3.34. The molecule has 2 aromatic rings. The minimum atomic E-state index is -0.999. The van der Waals surface area contributed by atoms with Crippen molar-refractivity contribution in [1.29, 1.82) is 0 Å². The molecule has 70 valence electrons. The molecule has 0 aromatic carbocycles. The Morgan fingerprint density at radius 1 is 1.43 bits per heavy atom. The van der Waals surface area contributed by atoms with Crippen molar-refractivity contribution in [3.63, 3.8) is 0 Å². The summed E-state index contributed by atoms with van der Waals surface area (Å²) >= 11 is 3.31. The monoisotopic (exact) mass is 252 g/mol. The fourth-order valence-electron chi connectivity index (χ4n) is 1.11. The molecule has 0 atom stereocenters. The first-order valence-electron chi connectivity index (χ1n) is 3.82. The maximum absolute atomic E-state index is 10.7. The maximum atomic E-state index is 10.7. The van der Waals surface area contributed by atoms with E-state index >= 15 is 0 Å². The number of aromatic nitrogens is 2. The Hall–Kier alpha value is -1.49. The highest BCUT2D eigenvalue weighted by atomic mass is 79.9. The molecular formula is C9H5BrN2O2. The Kier molecular flexibility index (Phi) is 2.17. The third-order valence-corrected chi connectivity index (χ3v) is 2.42. The van der Waals surface area contributed by atoms with E-state index in [0.29, 0.717) is 11.0 Å². The van der Waals surface area contributed by atoms with Crippen LogP contribution >= 0.6 is 15.9 Å². The predicted molar refractivity (Wildman–Crippen MR) is 54.2 cm³/mol. The molecule has 1 N–H and O–H groups in total. The quantitative estimate of drug-likeness (QED) is 0.845. The van der Waals surface area contributed by atoms with Crippen LogP contribution in [0.15, 0.2) is 29.0 Å². The van der Waals surface area contributed by atoms with Gasteiger partial charge in [0.2, 0.25) is 0 Å². The number of carbonyl (C=O) groups is 1. The van der Waals surface area contributed by atoms with Crippen LogP contribution in [0.4, 0.5) is 0 Å². The number of aromatic carboxylic acids is 1. The van der Waals surface area contributed by atoms with Crippen molar-refractivity contribution in [1.82, 2.24) is 9.97 Å². The van der Waals surface area contributed by atoms with Gasteiger partial charge in [0.05, 0.1) is 11.1 Å². The number of hydrogen-bond acceptors (Lipinski definition) is 3. The highest BCUT2D eigenvalue weighted by Gasteiger charge is 2.06. The highest BCUT2D eigenvalue weighted by molar-refractivity contribution is 9.10. The van der Waals surface area contributed by atoms with E-state index in [1.807, 2.05) is 0 Å². The van der Waals surface area contributed by atoms with Gasteiger partial charge in [0, 0.05) is 16.9 Å².